The summed E-state index contributed by atoms with van der Waals surface area (Å²) in [6.45, 7) is 11.4. The first kappa shape index (κ1) is 22.7. The summed E-state index contributed by atoms with van der Waals surface area (Å²) in [5, 5.41) is 3.88. The Kier molecular flexibility index (Phi) is 7.78. The maximum atomic E-state index is 13.4. The normalized spacial score (nSPS) is 23.0. The summed E-state index contributed by atoms with van der Waals surface area (Å²) in [7, 11) is 0. The van der Waals surface area contributed by atoms with Crippen molar-refractivity contribution in [1.29, 1.82) is 0 Å². The summed E-state index contributed by atoms with van der Waals surface area (Å²) >= 11 is 6.27. The van der Waals surface area contributed by atoms with Gasteiger partial charge in [-0.15, -0.1) is 24.0 Å². The highest BCUT2D eigenvalue weighted by Crippen LogP contribution is 2.38. The predicted octanol–water partition coefficient (Wildman–Crippen LogP) is 4.45. The van der Waals surface area contributed by atoms with Crippen molar-refractivity contribution < 1.29 is 9.13 Å². The number of halogens is 3. The van der Waals surface area contributed by atoms with E-state index in [-0.39, 0.29) is 35.2 Å². The van der Waals surface area contributed by atoms with Gasteiger partial charge in [0, 0.05) is 42.1 Å². The Bertz CT molecular complexity index is 677. The standard InChI is InChI=1S/C20H29ClFN3O.HI/c1-4-23-18(25-9-7-20(13-25)8-10-26-14-20)24-12-19(2,3)16-6-5-15(22)11-17(16)21;/h5-6,11H,4,7-10,12-14H2,1-3H3,(H,23,24);1H. The summed E-state index contributed by atoms with van der Waals surface area (Å²) in [4.78, 5) is 7.25. The first-order valence-electron chi connectivity index (χ1n) is 9.42. The van der Waals surface area contributed by atoms with E-state index in [0.29, 0.717) is 17.0 Å². The molecule has 0 aromatic heterocycles. The average Bonchev–Trinajstić information content (AvgIpc) is 3.21. The van der Waals surface area contributed by atoms with E-state index in [4.69, 9.17) is 21.3 Å². The molecule has 1 aromatic carbocycles. The molecule has 7 heteroatoms. The average molecular weight is 510 g/mol. The molecule has 2 fully saturated rings. The van der Waals surface area contributed by atoms with Crippen LogP contribution in [0.25, 0.3) is 0 Å². The van der Waals surface area contributed by atoms with Crippen molar-refractivity contribution in [3.63, 3.8) is 0 Å². The van der Waals surface area contributed by atoms with E-state index in [9.17, 15) is 4.39 Å². The van der Waals surface area contributed by atoms with Gasteiger partial charge in [-0.05, 0) is 37.5 Å². The summed E-state index contributed by atoms with van der Waals surface area (Å²) in [6.07, 6.45) is 2.30. The number of nitrogens with one attached hydrogen (secondary N) is 1. The number of rotatable bonds is 4. The topological polar surface area (TPSA) is 36.9 Å². The summed E-state index contributed by atoms with van der Waals surface area (Å²) < 4.78 is 19.0. The van der Waals surface area contributed by atoms with Gasteiger partial charge < -0.3 is 15.0 Å². The molecule has 27 heavy (non-hydrogen) atoms. The largest absolute Gasteiger partial charge is 0.381 e. The van der Waals surface area contributed by atoms with E-state index >= 15 is 0 Å². The van der Waals surface area contributed by atoms with Crippen molar-refractivity contribution in [3.05, 3.63) is 34.6 Å². The zero-order valence-corrected chi connectivity index (χ0v) is 19.4. The molecule has 1 atom stereocenters. The molecule has 2 aliphatic heterocycles. The van der Waals surface area contributed by atoms with Crippen molar-refractivity contribution in [2.24, 2.45) is 10.4 Å². The molecule has 1 aromatic rings. The fourth-order valence-electron chi connectivity index (χ4n) is 3.91. The molecular formula is C20H30ClFIN3O. The van der Waals surface area contributed by atoms with Crippen LogP contribution in [0.3, 0.4) is 0 Å². The van der Waals surface area contributed by atoms with Gasteiger partial charge in [0.2, 0.25) is 0 Å². The van der Waals surface area contributed by atoms with Gasteiger partial charge in [-0.1, -0.05) is 31.5 Å². The Balaban J connectivity index is 0.00000261. The first-order valence-corrected chi connectivity index (χ1v) is 9.80. The van der Waals surface area contributed by atoms with Crippen LogP contribution >= 0.6 is 35.6 Å². The van der Waals surface area contributed by atoms with Crippen LogP contribution in [0.1, 0.15) is 39.2 Å². The van der Waals surface area contributed by atoms with Crippen LogP contribution < -0.4 is 5.32 Å². The van der Waals surface area contributed by atoms with E-state index < -0.39 is 0 Å². The highest BCUT2D eigenvalue weighted by molar-refractivity contribution is 14.0. The Morgan fingerprint density at radius 2 is 2.19 bits per heavy atom. The van der Waals surface area contributed by atoms with Crippen LogP contribution in [0.4, 0.5) is 4.39 Å². The van der Waals surface area contributed by atoms with E-state index in [1.807, 2.05) is 0 Å². The fraction of sp³-hybridized carbons (Fsp3) is 0.650. The lowest BCUT2D eigenvalue weighted by atomic mass is 9.84. The first-order chi connectivity index (χ1) is 12.4. The fourth-order valence-corrected chi connectivity index (χ4v) is 4.33. The van der Waals surface area contributed by atoms with Gasteiger partial charge in [0.25, 0.3) is 0 Å². The zero-order valence-electron chi connectivity index (χ0n) is 16.4. The second kappa shape index (κ2) is 9.27. The Hall–Kier alpha value is -0.600. The quantitative estimate of drug-likeness (QED) is 0.370. The number of nitrogens with zero attached hydrogens (tertiary/aromatic N) is 2. The smallest absolute Gasteiger partial charge is 0.193 e. The van der Waals surface area contributed by atoms with Crippen LogP contribution in [-0.4, -0.2) is 50.3 Å². The molecule has 1 N–H and O–H groups in total. The number of guanidine groups is 1. The van der Waals surface area contributed by atoms with Gasteiger partial charge in [0.1, 0.15) is 5.82 Å². The lowest BCUT2D eigenvalue weighted by Crippen LogP contribution is -2.42. The highest BCUT2D eigenvalue weighted by Gasteiger charge is 2.42. The Morgan fingerprint density at radius 1 is 1.41 bits per heavy atom. The molecule has 1 spiro atoms. The summed E-state index contributed by atoms with van der Waals surface area (Å²) in [5.41, 5.74) is 0.938. The minimum absolute atomic E-state index is 0. The van der Waals surface area contributed by atoms with Crippen molar-refractivity contribution in [2.75, 3.05) is 39.4 Å². The maximum absolute atomic E-state index is 13.4. The molecule has 0 amide bonds. The minimum Gasteiger partial charge on any atom is -0.381 e. The molecule has 0 aliphatic carbocycles. The third kappa shape index (κ3) is 5.26. The molecule has 0 radical (unpaired) electrons. The van der Waals surface area contributed by atoms with Crippen LogP contribution in [0.15, 0.2) is 23.2 Å². The molecule has 1 unspecified atom stereocenters. The van der Waals surface area contributed by atoms with E-state index in [1.165, 1.54) is 12.1 Å². The second-order valence-corrected chi connectivity index (χ2v) is 8.56. The number of ether oxygens (including phenoxy) is 1. The Morgan fingerprint density at radius 3 is 2.81 bits per heavy atom. The van der Waals surface area contributed by atoms with E-state index in [2.05, 4.69) is 31.0 Å². The molecule has 0 bridgehead atoms. The monoisotopic (exact) mass is 509 g/mol. The number of likely N-dealkylation sites (tertiary alicyclic amines) is 1. The van der Waals surface area contributed by atoms with Crippen LogP contribution in [0.2, 0.25) is 5.02 Å². The van der Waals surface area contributed by atoms with Gasteiger partial charge in [-0.3, -0.25) is 4.99 Å². The number of hydrogen-bond acceptors (Lipinski definition) is 2. The van der Waals surface area contributed by atoms with Crippen molar-refractivity contribution in [1.82, 2.24) is 10.2 Å². The van der Waals surface area contributed by atoms with Gasteiger partial charge in [-0.2, -0.15) is 0 Å². The molecule has 2 heterocycles. The number of benzene rings is 1. The SMILES string of the molecule is CCNC(=NCC(C)(C)c1ccc(F)cc1Cl)N1CCC2(CCOC2)C1.I. The maximum Gasteiger partial charge on any atom is 0.193 e. The predicted molar refractivity (Wildman–Crippen MR) is 120 cm³/mol. The lowest BCUT2D eigenvalue weighted by molar-refractivity contribution is 0.156. The lowest BCUT2D eigenvalue weighted by Gasteiger charge is -2.28. The molecule has 2 saturated heterocycles. The van der Waals surface area contributed by atoms with Crippen molar-refractivity contribution in [3.8, 4) is 0 Å². The summed E-state index contributed by atoms with van der Waals surface area (Å²) in [6, 6.07) is 4.60. The number of hydrogen-bond donors (Lipinski definition) is 1. The van der Waals surface area contributed by atoms with Crippen molar-refractivity contribution >= 4 is 41.5 Å². The van der Waals surface area contributed by atoms with Crippen LogP contribution in [-0.2, 0) is 10.2 Å². The van der Waals surface area contributed by atoms with Gasteiger partial charge in [-0.25, -0.2) is 4.39 Å². The molecule has 152 valence electrons. The number of aliphatic imine (C=N–C) groups is 1. The second-order valence-electron chi connectivity index (χ2n) is 8.15. The molecule has 2 aliphatic rings. The zero-order chi connectivity index (χ0) is 18.8. The molecule has 4 nitrogen and oxygen atoms in total. The minimum atomic E-state index is -0.312. The Labute approximate surface area is 183 Å². The van der Waals surface area contributed by atoms with Gasteiger partial charge >= 0.3 is 0 Å². The highest BCUT2D eigenvalue weighted by atomic mass is 127. The third-order valence-electron chi connectivity index (χ3n) is 5.54. The van der Waals surface area contributed by atoms with E-state index in [1.54, 1.807) is 6.07 Å². The summed E-state index contributed by atoms with van der Waals surface area (Å²) in [5.74, 6) is 0.634. The molecule has 3 rings (SSSR count). The van der Waals surface area contributed by atoms with Gasteiger partial charge in [0.15, 0.2) is 5.96 Å². The van der Waals surface area contributed by atoms with Crippen LogP contribution in [0, 0.1) is 11.2 Å². The van der Waals surface area contributed by atoms with Crippen molar-refractivity contribution in [2.45, 2.75) is 39.0 Å². The molecular weight excluding hydrogens is 480 g/mol. The van der Waals surface area contributed by atoms with E-state index in [0.717, 1.165) is 57.2 Å². The molecule has 0 saturated carbocycles. The van der Waals surface area contributed by atoms with Crippen LogP contribution in [0.5, 0.6) is 0 Å². The third-order valence-corrected chi connectivity index (χ3v) is 5.85. The van der Waals surface area contributed by atoms with Gasteiger partial charge in [0.05, 0.1) is 13.2 Å².